The standard InChI is InChI=1S/C17H23FN4S/c1-12-10-15(18)5-4-14(12)6-8-20-17(19-3)21-9-7-16-11-23-13(2)22-16/h4-5,10-11H,6-9H2,1-3H3,(H2,19,20,21). The molecule has 0 aliphatic heterocycles. The predicted octanol–water partition coefficient (Wildman–Crippen LogP) is 2.85. The monoisotopic (exact) mass is 334 g/mol. The van der Waals surface area contributed by atoms with Crippen molar-refractivity contribution in [3.63, 3.8) is 0 Å². The van der Waals surface area contributed by atoms with Crippen LogP contribution in [0.25, 0.3) is 0 Å². The maximum absolute atomic E-state index is 13.1. The highest BCUT2D eigenvalue weighted by atomic mass is 32.1. The number of aryl methyl sites for hydroxylation is 2. The number of hydrogen-bond acceptors (Lipinski definition) is 3. The number of nitrogens with zero attached hydrogens (tertiary/aromatic N) is 2. The van der Waals surface area contributed by atoms with Gasteiger partial charge in [-0.1, -0.05) is 6.07 Å². The summed E-state index contributed by atoms with van der Waals surface area (Å²) in [6, 6.07) is 4.91. The van der Waals surface area contributed by atoms with Gasteiger partial charge in [0.25, 0.3) is 0 Å². The normalized spacial score (nSPS) is 11.6. The first-order valence-electron chi connectivity index (χ1n) is 7.69. The van der Waals surface area contributed by atoms with E-state index in [4.69, 9.17) is 0 Å². The molecule has 2 rings (SSSR count). The zero-order chi connectivity index (χ0) is 16.7. The van der Waals surface area contributed by atoms with Crippen LogP contribution >= 0.6 is 11.3 Å². The minimum atomic E-state index is -0.186. The molecule has 1 aromatic heterocycles. The Bertz CT molecular complexity index is 666. The number of rotatable bonds is 6. The summed E-state index contributed by atoms with van der Waals surface area (Å²) in [5.41, 5.74) is 3.23. The van der Waals surface area contributed by atoms with Crippen molar-refractivity contribution in [2.75, 3.05) is 20.1 Å². The first-order valence-corrected chi connectivity index (χ1v) is 8.57. The average molecular weight is 334 g/mol. The van der Waals surface area contributed by atoms with E-state index >= 15 is 0 Å². The predicted molar refractivity (Wildman–Crippen MR) is 94.8 cm³/mol. The van der Waals surface area contributed by atoms with Gasteiger partial charge in [-0.05, 0) is 43.5 Å². The average Bonchev–Trinajstić information content (AvgIpc) is 2.93. The van der Waals surface area contributed by atoms with E-state index in [1.165, 1.54) is 6.07 Å². The van der Waals surface area contributed by atoms with Crippen molar-refractivity contribution in [2.45, 2.75) is 26.7 Å². The van der Waals surface area contributed by atoms with E-state index < -0.39 is 0 Å². The summed E-state index contributed by atoms with van der Waals surface area (Å²) in [5.74, 6) is 0.589. The lowest BCUT2D eigenvalue weighted by molar-refractivity contribution is 0.625. The number of thiazole rings is 1. The highest BCUT2D eigenvalue weighted by Crippen LogP contribution is 2.10. The van der Waals surface area contributed by atoms with Crippen LogP contribution in [-0.2, 0) is 12.8 Å². The van der Waals surface area contributed by atoms with Gasteiger partial charge in [0.1, 0.15) is 5.82 Å². The second-order valence-corrected chi connectivity index (χ2v) is 6.42. The Kier molecular flexibility index (Phi) is 6.52. The third kappa shape index (κ3) is 5.63. The third-order valence-corrected chi connectivity index (χ3v) is 4.38. The van der Waals surface area contributed by atoms with Crippen molar-refractivity contribution >= 4 is 17.3 Å². The van der Waals surface area contributed by atoms with E-state index in [1.54, 1.807) is 24.5 Å². The van der Waals surface area contributed by atoms with Crippen molar-refractivity contribution in [1.82, 2.24) is 15.6 Å². The molecule has 2 N–H and O–H groups in total. The molecule has 0 amide bonds. The van der Waals surface area contributed by atoms with Gasteiger partial charge < -0.3 is 10.6 Å². The molecule has 2 aromatic rings. The number of halogens is 1. The molecule has 0 aliphatic carbocycles. The Balaban J connectivity index is 1.72. The quantitative estimate of drug-likeness (QED) is 0.631. The van der Waals surface area contributed by atoms with Crippen LogP contribution in [0.5, 0.6) is 0 Å². The molecule has 1 heterocycles. The zero-order valence-electron chi connectivity index (χ0n) is 13.8. The van der Waals surface area contributed by atoms with Gasteiger partial charge in [-0.25, -0.2) is 9.37 Å². The number of aromatic nitrogens is 1. The molecule has 124 valence electrons. The molecule has 0 fully saturated rings. The van der Waals surface area contributed by atoms with Crippen LogP contribution in [0, 0.1) is 19.7 Å². The highest BCUT2D eigenvalue weighted by molar-refractivity contribution is 7.09. The van der Waals surface area contributed by atoms with Gasteiger partial charge in [0.15, 0.2) is 5.96 Å². The fourth-order valence-corrected chi connectivity index (χ4v) is 2.96. The molecular weight excluding hydrogens is 311 g/mol. The van der Waals surface area contributed by atoms with E-state index in [-0.39, 0.29) is 5.82 Å². The second kappa shape index (κ2) is 8.62. The van der Waals surface area contributed by atoms with E-state index in [0.717, 1.165) is 53.7 Å². The van der Waals surface area contributed by atoms with Crippen molar-refractivity contribution < 1.29 is 4.39 Å². The maximum Gasteiger partial charge on any atom is 0.190 e. The number of guanidine groups is 1. The van der Waals surface area contributed by atoms with E-state index in [9.17, 15) is 4.39 Å². The fraction of sp³-hybridized carbons (Fsp3) is 0.412. The van der Waals surface area contributed by atoms with Gasteiger partial charge >= 0.3 is 0 Å². The Labute approximate surface area is 140 Å². The highest BCUT2D eigenvalue weighted by Gasteiger charge is 2.03. The summed E-state index contributed by atoms with van der Waals surface area (Å²) >= 11 is 1.67. The van der Waals surface area contributed by atoms with Crippen LogP contribution in [0.4, 0.5) is 4.39 Å². The molecule has 1 aromatic carbocycles. The SMILES string of the molecule is CN=C(NCCc1csc(C)n1)NCCc1ccc(F)cc1C. The smallest absolute Gasteiger partial charge is 0.190 e. The lowest BCUT2D eigenvalue weighted by Gasteiger charge is -2.12. The van der Waals surface area contributed by atoms with Crippen molar-refractivity contribution in [3.8, 4) is 0 Å². The van der Waals surface area contributed by atoms with Crippen LogP contribution in [0.15, 0.2) is 28.6 Å². The second-order valence-electron chi connectivity index (χ2n) is 5.35. The number of nitrogens with one attached hydrogen (secondary N) is 2. The molecule has 6 heteroatoms. The summed E-state index contributed by atoms with van der Waals surface area (Å²) in [5, 5.41) is 9.74. The molecule has 0 spiro atoms. The van der Waals surface area contributed by atoms with Gasteiger partial charge in [-0.15, -0.1) is 11.3 Å². The summed E-state index contributed by atoms with van der Waals surface area (Å²) in [6.45, 7) is 5.49. The fourth-order valence-electron chi connectivity index (χ4n) is 2.31. The van der Waals surface area contributed by atoms with E-state index in [2.05, 4.69) is 26.0 Å². The van der Waals surface area contributed by atoms with Gasteiger partial charge in [0, 0.05) is 31.9 Å². The van der Waals surface area contributed by atoms with Crippen molar-refractivity contribution in [3.05, 3.63) is 51.2 Å². The zero-order valence-corrected chi connectivity index (χ0v) is 14.6. The summed E-state index contributed by atoms with van der Waals surface area (Å²) in [6.07, 6.45) is 1.71. The van der Waals surface area contributed by atoms with Gasteiger partial charge in [-0.3, -0.25) is 4.99 Å². The maximum atomic E-state index is 13.1. The topological polar surface area (TPSA) is 49.3 Å². The van der Waals surface area contributed by atoms with Gasteiger partial charge in [0.2, 0.25) is 0 Å². The molecule has 4 nitrogen and oxygen atoms in total. The molecule has 23 heavy (non-hydrogen) atoms. The minimum absolute atomic E-state index is 0.186. The van der Waals surface area contributed by atoms with E-state index in [1.807, 2.05) is 19.9 Å². The third-order valence-electron chi connectivity index (χ3n) is 3.56. The first kappa shape index (κ1) is 17.4. The molecule has 0 bridgehead atoms. The first-order chi connectivity index (χ1) is 11.1. The van der Waals surface area contributed by atoms with Crippen LogP contribution in [0.1, 0.15) is 21.8 Å². The number of hydrogen-bond donors (Lipinski definition) is 2. The van der Waals surface area contributed by atoms with E-state index in [0.29, 0.717) is 0 Å². The van der Waals surface area contributed by atoms with Crippen molar-refractivity contribution in [1.29, 1.82) is 0 Å². The molecule has 0 aliphatic rings. The largest absolute Gasteiger partial charge is 0.356 e. The molecule has 0 radical (unpaired) electrons. The van der Waals surface area contributed by atoms with Crippen LogP contribution < -0.4 is 10.6 Å². The Morgan fingerprint density at radius 3 is 2.57 bits per heavy atom. The summed E-state index contributed by atoms with van der Waals surface area (Å²) < 4.78 is 13.1. The Hall–Kier alpha value is -1.95. The molecule has 0 saturated heterocycles. The molecular formula is C17H23FN4S. The lowest BCUT2D eigenvalue weighted by Crippen LogP contribution is -2.39. The van der Waals surface area contributed by atoms with Crippen LogP contribution in [-0.4, -0.2) is 31.1 Å². The molecule has 0 atom stereocenters. The van der Waals surface area contributed by atoms with Gasteiger partial charge in [-0.2, -0.15) is 0 Å². The molecule has 0 saturated carbocycles. The summed E-state index contributed by atoms with van der Waals surface area (Å²) in [4.78, 5) is 8.65. The van der Waals surface area contributed by atoms with Crippen LogP contribution in [0.3, 0.4) is 0 Å². The van der Waals surface area contributed by atoms with Crippen LogP contribution in [0.2, 0.25) is 0 Å². The summed E-state index contributed by atoms with van der Waals surface area (Å²) in [7, 11) is 1.76. The Morgan fingerprint density at radius 2 is 1.96 bits per heavy atom. The van der Waals surface area contributed by atoms with Crippen molar-refractivity contribution in [2.24, 2.45) is 4.99 Å². The lowest BCUT2D eigenvalue weighted by atomic mass is 10.1. The minimum Gasteiger partial charge on any atom is -0.356 e. The number of benzene rings is 1. The molecule has 0 unspecified atom stereocenters. The van der Waals surface area contributed by atoms with Gasteiger partial charge in [0.05, 0.1) is 10.7 Å². The number of aliphatic imine (C=N–C) groups is 1. The Morgan fingerprint density at radius 1 is 1.22 bits per heavy atom.